The van der Waals surface area contributed by atoms with Crippen molar-refractivity contribution in [3.63, 3.8) is 0 Å². The number of hydrogen-bond donors (Lipinski definition) is 4. The Morgan fingerprint density at radius 1 is 0.922 bits per heavy atom. The summed E-state index contributed by atoms with van der Waals surface area (Å²) in [4.78, 5) is 52.7. The van der Waals surface area contributed by atoms with Crippen molar-refractivity contribution in [2.75, 3.05) is 26.4 Å². The van der Waals surface area contributed by atoms with Crippen molar-refractivity contribution in [3.05, 3.63) is 108 Å². The zero-order valence-electron chi connectivity index (χ0n) is 52.4. The van der Waals surface area contributed by atoms with Gasteiger partial charge in [0.25, 0.3) is 0 Å². The first-order valence-corrected chi connectivity index (χ1v) is 35.8. The van der Waals surface area contributed by atoms with E-state index in [0.717, 1.165) is 77.4 Å². The maximum absolute atomic E-state index is 18.0. The fourth-order valence-corrected chi connectivity index (χ4v) is 28.8. The number of furan rings is 1. The van der Waals surface area contributed by atoms with Gasteiger partial charge in [0.1, 0.15) is 29.7 Å². The molecule has 20 rings (SSSR count). The van der Waals surface area contributed by atoms with Crippen LogP contribution < -0.4 is 5.32 Å². The largest absolute Gasteiger partial charge is 0.469 e. The summed E-state index contributed by atoms with van der Waals surface area (Å²) in [6, 6.07) is 13.2. The molecule has 13 heteroatoms. The highest BCUT2D eigenvalue weighted by molar-refractivity contribution is 5.94. The molecule has 7 aliphatic heterocycles. The van der Waals surface area contributed by atoms with E-state index in [9.17, 15) is 10.2 Å². The van der Waals surface area contributed by atoms with Gasteiger partial charge >= 0.3 is 11.9 Å². The van der Waals surface area contributed by atoms with E-state index in [0.29, 0.717) is 73.1 Å². The van der Waals surface area contributed by atoms with Gasteiger partial charge in [-0.2, -0.15) is 0 Å². The highest BCUT2D eigenvalue weighted by Crippen LogP contribution is 2.92. The Balaban J connectivity index is 0.811. The number of nitrogens with zero attached hydrogens (tertiary/aromatic N) is 1. The van der Waals surface area contributed by atoms with Gasteiger partial charge in [0.05, 0.1) is 54.9 Å². The maximum Gasteiger partial charge on any atom is 0.339 e. The molecule has 7 spiro atoms. The number of ketones is 1. The Hall–Kier alpha value is -4.81. The summed E-state index contributed by atoms with van der Waals surface area (Å²) < 4.78 is 37.9. The minimum absolute atomic E-state index is 0.00606. The van der Waals surface area contributed by atoms with Crippen LogP contribution >= 0.6 is 0 Å². The average molecular weight is 1220 g/mol. The first kappa shape index (κ1) is 55.6. The van der Waals surface area contributed by atoms with Crippen LogP contribution in [-0.2, 0) is 51.8 Å². The third kappa shape index (κ3) is 6.15. The van der Waals surface area contributed by atoms with Crippen LogP contribution in [0, 0.1) is 134 Å². The number of hydrogen-bond acceptors (Lipinski definition) is 13. The van der Waals surface area contributed by atoms with Gasteiger partial charge < -0.3 is 43.6 Å². The number of Topliss-reactive ketones (excluding diaryl/α,β-unsaturated/α-hetero) is 1. The van der Waals surface area contributed by atoms with Gasteiger partial charge in [0.2, 0.25) is 0 Å². The highest BCUT2D eigenvalue weighted by atomic mass is 16.7. The van der Waals surface area contributed by atoms with E-state index in [1.807, 2.05) is 6.07 Å². The standard InChI is InChI=1S/C77H90N2O11/c1-42-52-15-6-12-45(52)20-27-70(42)24-9-25-73-60(70)34-51-33-50-14-8-23-71(50)37-49-36-69(2)74(55-22-29-86-59(55)35-54(58(81)39-80)47-18-19-53-48(32-47)21-28-79-41-78-38-57(53)79)26-7-13-46-17-16-44(30-43-10-4-3-5-11-43)31-56(46)75(77(69)66(88-77)68(85)89-74)62(49)72(63(73)61(82)65(75)83)40-87-67(84)64(71)76(51,72)90-73/h3-5,9-11,20-22,24,27-29,34,42,44-50,52-54,56-58,60,62-66,78,80-81,83H,6,8,12,14-19,23,25-26,30-33,35-41H2,1-2H3/t42-,44+,45+,46+,47-,48-,49+,50-,52-,53+,54+,56+,57+,58-,60+,62-,63+,64+,65-,66-,69+,70-,71+,72-,73+,74+,75+,76+,77-/m1/s1. The summed E-state index contributed by atoms with van der Waals surface area (Å²) in [5.74, 6) is 6.58. The fourth-order valence-electron chi connectivity index (χ4n) is 28.8. The lowest BCUT2D eigenvalue weighted by Crippen LogP contribution is -2.84. The van der Waals surface area contributed by atoms with Gasteiger partial charge in [-0.25, -0.2) is 4.79 Å². The normalized spacial score (nSPS) is 53.9. The number of fused-ring (bicyclic) bond motifs is 6. The van der Waals surface area contributed by atoms with E-state index in [1.165, 1.54) is 30.4 Å². The van der Waals surface area contributed by atoms with Gasteiger partial charge in [0.15, 0.2) is 17.5 Å². The number of benzene rings is 1. The molecule has 8 heterocycles. The average Bonchev–Trinajstić information content (AvgIpc) is 1.40. The van der Waals surface area contributed by atoms with Crippen LogP contribution in [0.1, 0.15) is 140 Å². The molecule has 0 radical (unpaired) electrons. The van der Waals surface area contributed by atoms with Crippen LogP contribution in [0.2, 0.25) is 0 Å². The van der Waals surface area contributed by atoms with Crippen molar-refractivity contribution in [2.24, 2.45) is 122 Å². The number of esters is 2. The molecule has 2 aromatic rings. The van der Waals surface area contributed by atoms with Crippen molar-refractivity contribution < 1.29 is 53.1 Å². The van der Waals surface area contributed by atoms with Crippen molar-refractivity contribution >= 4 is 17.7 Å². The lowest BCUT2D eigenvalue weighted by Gasteiger charge is -2.74. The van der Waals surface area contributed by atoms with Crippen LogP contribution in [0.3, 0.4) is 0 Å². The van der Waals surface area contributed by atoms with E-state index in [-0.39, 0.29) is 72.1 Å². The first-order chi connectivity index (χ1) is 43.7. The summed E-state index contributed by atoms with van der Waals surface area (Å²) in [5.41, 5.74) is -6.81. The maximum atomic E-state index is 18.0. The quantitative estimate of drug-likeness (QED) is 0.0850. The van der Waals surface area contributed by atoms with E-state index in [4.69, 9.17) is 23.4 Å². The Kier molecular flexibility index (Phi) is 11.3. The minimum Gasteiger partial charge on any atom is -0.469 e. The van der Waals surface area contributed by atoms with Crippen LogP contribution in [0.5, 0.6) is 0 Å². The summed E-state index contributed by atoms with van der Waals surface area (Å²) in [6.07, 6.45) is 30.4. The second-order valence-corrected chi connectivity index (χ2v) is 33.6. The molecular weight excluding hydrogens is 1130 g/mol. The molecule has 0 unspecified atom stereocenters. The van der Waals surface area contributed by atoms with Crippen molar-refractivity contribution in [3.8, 4) is 11.8 Å². The molecule has 9 bridgehead atoms. The molecule has 0 amide bonds. The monoisotopic (exact) mass is 1220 g/mol. The number of ether oxygens (including phenoxy) is 4. The predicted molar refractivity (Wildman–Crippen MR) is 329 cm³/mol. The highest BCUT2D eigenvalue weighted by Gasteiger charge is 3.00. The smallest absolute Gasteiger partial charge is 0.339 e. The van der Waals surface area contributed by atoms with E-state index in [2.05, 4.69) is 109 Å². The van der Waals surface area contributed by atoms with Crippen molar-refractivity contribution in [2.45, 2.75) is 183 Å². The molecule has 8 saturated carbocycles. The molecule has 5 saturated heterocycles. The molecule has 4 N–H and O–H groups in total. The van der Waals surface area contributed by atoms with Crippen molar-refractivity contribution in [1.82, 2.24) is 10.2 Å². The van der Waals surface area contributed by atoms with Crippen molar-refractivity contribution in [1.29, 1.82) is 0 Å². The molecule has 11 aliphatic carbocycles. The Morgan fingerprint density at radius 3 is 2.69 bits per heavy atom. The SMILES string of the molecule is C[C@@H]1[C@H]2CCC[C@H]2C=C[C@]12C=CC[C@]13O[C@]45C(=C[C@@H]21)C[C@H]1CCC[C@]12C[C@@H]1C[C@]6(C)[C@]78O[C@@H]7C(=O)O[C@]6(c6ccoc6C[C@@H]([C@@H]6CC[C@H]7[C@H](C=CN9CNC[C@@H]79)C6)[C@H](O)CO)CC#C[C@H]6CC[C@@H](Cc7ccccc7)C[C@@H]6[C@]86[C@H](O)C(=O)[C@H]3[C@@]4(COC(=O)[C@@H]25)[C@@H]16. The zero-order chi connectivity index (χ0) is 60.5. The second-order valence-electron chi connectivity index (χ2n) is 33.6. The van der Waals surface area contributed by atoms with Crippen LogP contribution in [0.4, 0.5) is 0 Å². The molecular formula is C77H90N2O11. The summed E-state index contributed by atoms with van der Waals surface area (Å²) >= 11 is 0. The lowest BCUT2D eigenvalue weighted by atomic mass is 9.28. The topological polar surface area (TPSA) is 181 Å². The third-order valence-electron chi connectivity index (χ3n) is 31.5. The summed E-state index contributed by atoms with van der Waals surface area (Å²) in [6.45, 7) is 6.19. The fraction of sp³-hybridized carbons (Fsp3) is 0.701. The zero-order valence-corrected chi connectivity index (χ0v) is 52.4. The number of carbonyl (C=O) groups is 3. The number of aliphatic hydroxyl groups is 3. The number of allylic oxidation sites excluding steroid dienone is 4. The number of nitrogens with one attached hydrogen (secondary N) is 1. The summed E-state index contributed by atoms with van der Waals surface area (Å²) in [7, 11) is 0. The summed E-state index contributed by atoms with van der Waals surface area (Å²) in [5, 5.41) is 42.0. The molecule has 13 nitrogen and oxygen atoms in total. The van der Waals surface area contributed by atoms with Gasteiger partial charge in [-0.3, -0.25) is 14.9 Å². The van der Waals surface area contributed by atoms with Gasteiger partial charge in [-0.15, -0.1) is 0 Å². The van der Waals surface area contributed by atoms with Gasteiger partial charge in [-0.1, -0.05) is 105 Å². The van der Waals surface area contributed by atoms with E-state index in [1.54, 1.807) is 6.26 Å². The molecule has 1 aromatic heterocycles. The molecule has 1 aromatic carbocycles. The molecule has 13 fully saturated rings. The van der Waals surface area contributed by atoms with Crippen LogP contribution in [0.25, 0.3) is 0 Å². The number of cyclic esters (lactones) is 1. The molecule has 474 valence electrons. The van der Waals surface area contributed by atoms with E-state index >= 15 is 19.5 Å². The van der Waals surface area contributed by atoms with E-state index < -0.39 is 104 Å². The molecule has 90 heavy (non-hydrogen) atoms. The Bertz CT molecular complexity index is 3640. The number of rotatable bonds is 8. The lowest BCUT2D eigenvalue weighted by molar-refractivity contribution is -0.315. The number of carbonyl (C=O) groups excluding carboxylic acids is 3. The molecule has 18 aliphatic rings. The number of aliphatic hydroxyl groups excluding tert-OH is 3. The minimum atomic E-state index is -1.59. The number of epoxide rings is 1. The second kappa shape index (κ2) is 18.4. The van der Waals surface area contributed by atoms with Crippen LogP contribution in [-0.4, -0.2) is 106 Å². The Morgan fingerprint density at radius 2 is 1.81 bits per heavy atom. The van der Waals surface area contributed by atoms with Crippen LogP contribution in [0.15, 0.2) is 95.3 Å². The van der Waals surface area contributed by atoms with Gasteiger partial charge in [0, 0.05) is 52.7 Å². The first-order valence-electron chi connectivity index (χ1n) is 35.8. The predicted octanol–water partition coefficient (Wildman–Crippen LogP) is 9.73. The van der Waals surface area contributed by atoms with Gasteiger partial charge in [-0.05, 0) is 196 Å². The Labute approximate surface area is 529 Å². The molecule has 29 atom stereocenters. The third-order valence-corrected chi connectivity index (χ3v) is 31.5.